The molecule has 1 aromatic carbocycles. The zero-order valence-electron chi connectivity index (χ0n) is 10.5. The normalized spacial score (nSPS) is 11.3. The second-order valence-corrected chi connectivity index (χ2v) is 4.39. The first-order valence-corrected chi connectivity index (χ1v) is 5.58. The highest BCUT2D eigenvalue weighted by Gasteiger charge is 2.18. The van der Waals surface area contributed by atoms with E-state index >= 15 is 0 Å². The van der Waals surface area contributed by atoms with Gasteiger partial charge in [0.2, 0.25) is 0 Å². The summed E-state index contributed by atoms with van der Waals surface area (Å²) >= 11 is 0. The van der Waals surface area contributed by atoms with Gasteiger partial charge in [-0.3, -0.25) is 0 Å². The van der Waals surface area contributed by atoms with Gasteiger partial charge in [-0.2, -0.15) is 0 Å². The summed E-state index contributed by atoms with van der Waals surface area (Å²) in [7, 11) is 1.65. The molecule has 0 saturated carbocycles. The van der Waals surface area contributed by atoms with Crippen molar-refractivity contribution in [1.29, 1.82) is 0 Å². The minimum Gasteiger partial charge on any atom is -0.497 e. The molecular formula is C13H21NO2. The van der Waals surface area contributed by atoms with Crippen LogP contribution < -0.4 is 15.2 Å². The third-order valence-corrected chi connectivity index (χ3v) is 2.73. The van der Waals surface area contributed by atoms with Gasteiger partial charge in [0, 0.05) is 18.2 Å². The van der Waals surface area contributed by atoms with E-state index in [9.17, 15) is 0 Å². The van der Waals surface area contributed by atoms with Crippen molar-refractivity contribution < 1.29 is 9.47 Å². The lowest BCUT2D eigenvalue weighted by Crippen LogP contribution is -2.27. The molecule has 16 heavy (non-hydrogen) atoms. The molecule has 0 fully saturated rings. The summed E-state index contributed by atoms with van der Waals surface area (Å²) in [5.74, 6) is 1.60. The minimum absolute atomic E-state index is 0.184. The number of ether oxygens (including phenoxy) is 2. The summed E-state index contributed by atoms with van der Waals surface area (Å²) in [5.41, 5.74) is 6.50. The molecule has 0 saturated heterocycles. The monoisotopic (exact) mass is 223 g/mol. The summed E-state index contributed by atoms with van der Waals surface area (Å²) in [6.45, 7) is 6.70. The Balaban J connectivity index is 3.00. The Morgan fingerprint density at radius 3 is 2.50 bits per heavy atom. The van der Waals surface area contributed by atoms with Crippen molar-refractivity contribution in [1.82, 2.24) is 0 Å². The first kappa shape index (κ1) is 12.8. The fourth-order valence-corrected chi connectivity index (χ4v) is 1.30. The molecule has 90 valence electrons. The van der Waals surface area contributed by atoms with Gasteiger partial charge in [-0.25, -0.2) is 0 Å². The lowest BCUT2D eigenvalue weighted by atomic mass is 10.1. The third kappa shape index (κ3) is 3.14. The van der Waals surface area contributed by atoms with Crippen LogP contribution in [0.25, 0.3) is 0 Å². The quantitative estimate of drug-likeness (QED) is 0.834. The standard InChI is InChI=1S/C13H21NO2/c1-5-13(2,3)16-12-8-11(15-4)7-6-10(12)9-14/h6-8H,5,9,14H2,1-4H3. The topological polar surface area (TPSA) is 44.5 Å². The van der Waals surface area contributed by atoms with Crippen molar-refractivity contribution in [2.75, 3.05) is 7.11 Å². The van der Waals surface area contributed by atoms with E-state index in [4.69, 9.17) is 15.2 Å². The van der Waals surface area contributed by atoms with Gasteiger partial charge in [0.25, 0.3) is 0 Å². The Kier molecular flexibility index (Phi) is 4.19. The van der Waals surface area contributed by atoms with Gasteiger partial charge in [0.15, 0.2) is 0 Å². The Bertz CT molecular complexity index is 348. The van der Waals surface area contributed by atoms with Gasteiger partial charge in [-0.05, 0) is 26.3 Å². The van der Waals surface area contributed by atoms with Crippen LogP contribution in [0.5, 0.6) is 11.5 Å². The van der Waals surface area contributed by atoms with E-state index < -0.39 is 0 Å². The molecule has 0 atom stereocenters. The molecule has 0 radical (unpaired) electrons. The second-order valence-electron chi connectivity index (χ2n) is 4.39. The molecule has 3 nitrogen and oxygen atoms in total. The van der Waals surface area contributed by atoms with Gasteiger partial charge in [-0.15, -0.1) is 0 Å². The van der Waals surface area contributed by atoms with Crippen molar-refractivity contribution in [2.45, 2.75) is 39.3 Å². The smallest absolute Gasteiger partial charge is 0.128 e. The molecule has 0 aliphatic heterocycles. The second kappa shape index (κ2) is 5.21. The third-order valence-electron chi connectivity index (χ3n) is 2.73. The summed E-state index contributed by atoms with van der Waals surface area (Å²) in [6.07, 6.45) is 0.939. The maximum atomic E-state index is 5.96. The first-order chi connectivity index (χ1) is 7.52. The highest BCUT2D eigenvalue weighted by atomic mass is 16.5. The van der Waals surface area contributed by atoms with Crippen LogP contribution in [0.4, 0.5) is 0 Å². The van der Waals surface area contributed by atoms with Crippen molar-refractivity contribution in [2.24, 2.45) is 5.73 Å². The maximum absolute atomic E-state index is 5.96. The number of hydrogen-bond acceptors (Lipinski definition) is 3. The largest absolute Gasteiger partial charge is 0.497 e. The van der Waals surface area contributed by atoms with Crippen LogP contribution in [0, 0.1) is 0 Å². The molecule has 0 aliphatic carbocycles. The highest BCUT2D eigenvalue weighted by Crippen LogP contribution is 2.28. The van der Waals surface area contributed by atoms with Gasteiger partial charge < -0.3 is 15.2 Å². The van der Waals surface area contributed by atoms with Crippen LogP contribution in [0.2, 0.25) is 0 Å². The van der Waals surface area contributed by atoms with Crippen LogP contribution in [0.1, 0.15) is 32.8 Å². The number of benzene rings is 1. The Morgan fingerprint density at radius 2 is 2.00 bits per heavy atom. The number of rotatable bonds is 5. The summed E-state index contributed by atoms with van der Waals surface area (Å²) < 4.78 is 11.1. The van der Waals surface area contributed by atoms with Crippen molar-refractivity contribution >= 4 is 0 Å². The fourth-order valence-electron chi connectivity index (χ4n) is 1.30. The predicted molar refractivity (Wildman–Crippen MR) is 65.9 cm³/mol. The fraction of sp³-hybridized carbons (Fsp3) is 0.538. The zero-order valence-corrected chi connectivity index (χ0v) is 10.5. The number of nitrogens with two attached hydrogens (primary N) is 1. The van der Waals surface area contributed by atoms with E-state index in [0.717, 1.165) is 23.5 Å². The molecule has 0 aromatic heterocycles. The molecule has 0 amide bonds. The van der Waals surface area contributed by atoms with Gasteiger partial charge in [0.1, 0.15) is 17.1 Å². The first-order valence-electron chi connectivity index (χ1n) is 5.58. The number of methoxy groups -OCH3 is 1. The Morgan fingerprint density at radius 1 is 1.31 bits per heavy atom. The van der Waals surface area contributed by atoms with E-state index in [2.05, 4.69) is 20.8 Å². The van der Waals surface area contributed by atoms with E-state index in [-0.39, 0.29) is 5.60 Å². The van der Waals surface area contributed by atoms with Gasteiger partial charge >= 0.3 is 0 Å². The highest BCUT2D eigenvalue weighted by molar-refractivity contribution is 5.41. The van der Waals surface area contributed by atoms with Crippen LogP contribution in [-0.4, -0.2) is 12.7 Å². The molecule has 0 aliphatic rings. The van der Waals surface area contributed by atoms with Crippen LogP contribution in [-0.2, 0) is 6.54 Å². The molecule has 0 bridgehead atoms. The average molecular weight is 223 g/mol. The average Bonchev–Trinajstić information content (AvgIpc) is 2.28. The van der Waals surface area contributed by atoms with Crippen molar-refractivity contribution in [3.8, 4) is 11.5 Å². The Hall–Kier alpha value is -1.22. The molecule has 3 heteroatoms. The minimum atomic E-state index is -0.184. The van der Waals surface area contributed by atoms with E-state index in [1.807, 2.05) is 18.2 Å². The molecule has 1 aromatic rings. The molecule has 1 rings (SSSR count). The lowest BCUT2D eigenvalue weighted by molar-refractivity contribution is 0.103. The van der Waals surface area contributed by atoms with Gasteiger partial charge in [0.05, 0.1) is 7.11 Å². The van der Waals surface area contributed by atoms with Crippen LogP contribution in [0.3, 0.4) is 0 Å². The van der Waals surface area contributed by atoms with Crippen LogP contribution >= 0.6 is 0 Å². The summed E-state index contributed by atoms with van der Waals surface area (Å²) in [6, 6.07) is 5.73. The number of hydrogen-bond donors (Lipinski definition) is 1. The van der Waals surface area contributed by atoms with E-state index in [0.29, 0.717) is 6.54 Å². The molecule has 0 unspecified atom stereocenters. The van der Waals surface area contributed by atoms with Gasteiger partial charge in [-0.1, -0.05) is 13.0 Å². The lowest BCUT2D eigenvalue weighted by Gasteiger charge is -2.26. The SMILES string of the molecule is CCC(C)(C)Oc1cc(OC)ccc1CN. The molecule has 2 N–H and O–H groups in total. The Labute approximate surface area is 97.6 Å². The summed E-state index contributed by atoms with van der Waals surface area (Å²) in [5, 5.41) is 0. The molecular weight excluding hydrogens is 202 g/mol. The predicted octanol–water partition coefficient (Wildman–Crippen LogP) is 2.72. The maximum Gasteiger partial charge on any atom is 0.128 e. The van der Waals surface area contributed by atoms with Crippen LogP contribution in [0.15, 0.2) is 18.2 Å². The van der Waals surface area contributed by atoms with E-state index in [1.165, 1.54) is 0 Å². The summed E-state index contributed by atoms with van der Waals surface area (Å²) in [4.78, 5) is 0. The zero-order chi connectivity index (χ0) is 12.2. The molecule has 0 heterocycles. The van der Waals surface area contributed by atoms with E-state index in [1.54, 1.807) is 7.11 Å². The van der Waals surface area contributed by atoms with Crippen molar-refractivity contribution in [3.63, 3.8) is 0 Å². The molecule has 0 spiro atoms. The van der Waals surface area contributed by atoms with Crippen molar-refractivity contribution in [3.05, 3.63) is 23.8 Å².